The Labute approximate surface area is 102 Å². The van der Waals surface area contributed by atoms with Crippen LogP contribution in [-0.2, 0) is 0 Å². The van der Waals surface area contributed by atoms with Crippen LogP contribution in [0, 0.1) is 5.92 Å². The summed E-state index contributed by atoms with van der Waals surface area (Å²) >= 11 is 3.75. The quantitative estimate of drug-likeness (QED) is 0.460. The molecule has 0 aromatic carbocycles. The second-order valence-electron chi connectivity index (χ2n) is 4.09. The minimum Gasteiger partial charge on any atom is -0.143 e. The molecule has 0 bridgehead atoms. The highest BCUT2D eigenvalue weighted by Gasteiger charge is 2.01. The SMILES string of the molecule is C=Cc1sccc1SCCCCC(C)C. The maximum atomic E-state index is 3.83. The monoisotopic (exact) mass is 240 g/mol. The van der Waals surface area contributed by atoms with E-state index in [9.17, 15) is 0 Å². The summed E-state index contributed by atoms with van der Waals surface area (Å²) in [5, 5.41) is 2.15. The maximum Gasteiger partial charge on any atom is 0.0400 e. The van der Waals surface area contributed by atoms with Crippen molar-refractivity contribution in [3.63, 3.8) is 0 Å². The van der Waals surface area contributed by atoms with Crippen LogP contribution in [0.2, 0.25) is 0 Å². The van der Waals surface area contributed by atoms with E-state index in [0.717, 1.165) is 5.92 Å². The Hall–Kier alpha value is -0.210. The summed E-state index contributed by atoms with van der Waals surface area (Å²) in [4.78, 5) is 2.73. The Bertz CT molecular complexity index is 286. The first-order valence-electron chi connectivity index (χ1n) is 5.56. The van der Waals surface area contributed by atoms with Gasteiger partial charge in [0.05, 0.1) is 0 Å². The molecule has 0 atom stereocenters. The predicted octanol–water partition coefficient (Wildman–Crippen LogP) is 5.31. The van der Waals surface area contributed by atoms with Crippen LogP contribution in [0.4, 0.5) is 0 Å². The van der Waals surface area contributed by atoms with Crippen molar-refractivity contribution < 1.29 is 0 Å². The summed E-state index contributed by atoms with van der Waals surface area (Å²) in [6.45, 7) is 8.42. The normalized spacial score (nSPS) is 10.9. The largest absolute Gasteiger partial charge is 0.143 e. The van der Waals surface area contributed by atoms with E-state index in [2.05, 4.69) is 31.9 Å². The van der Waals surface area contributed by atoms with Crippen LogP contribution in [0.15, 0.2) is 22.9 Å². The van der Waals surface area contributed by atoms with Crippen LogP contribution in [0.3, 0.4) is 0 Å². The Morgan fingerprint density at radius 2 is 2.27 bits per heavy atom. The zero-order valence-corrected chi connectivity index (χ0v) is 11.3. The third-order valence-corrected chi connectivity index (χ3v) is 4.48. The first-order chi connectivity index (χ1) is 7.24. The van der Waals surface area contributed by atoms with Crippen LogP contribution in [0.1, 0.15) is 38.0 Å². The molecule has 84 valence electrons. The van der Waals surface area contributed by atoms with Gasteiger partial charge in [-0.05, 0) is 29.5 Å². The number of unbranched alkanes of at least 4 members (excludes halogenated alkanes) is 1. The summed E-state index contributed by atoms with van der Waals surface area (Å²) in [5.41, 5.74) is 0. The van der Waals surface area contributed by atoms with Crippen molar-refractivity contribution >= 4 is 29.2 Å². The van der Waals surface area contributed by atoms with E-state index >= 15 is 0 Å². The molecule has 0 amide bonds. The van der Waals surface area contributed by atoms with Gasteiger partial charge in [-0.1, -0.05) is 39.3 Å². The van der Waals surface area contributed by atoms with E-state index in [-0.39, 0.29) is 0 Å². The molecule has 0 fully saturated rings. The van der Waals surface area contributed by atoms with Crippen molar-refractivity contribution in [2.24, 2.45) is 5.92 Å². The zero-order valence-electron chi connectivity index (χ0n) is 9.66. The summed E-state index contributed by atoms with van der Waals surface area (Å²) in [5.74, 6) is 2.09. The molecule has 0 nitrogen and oxygen atoms in total. The fourth-order valence-corrected chi connectivity index (χ4v) is 3.41. The van der Waals surface area contributed by atoms with Crippen molar-refractivity contribution in [1.82, 2.24) is 0 Å². The fraction of sp³-hybridized carbons (Fsp3) is 0.538. The third-order valence-electron chi connectivity index (χ3n) is 2.28. The summed E-state index contributed by atoms with van der Waals surface area (Å²) < 4.78 is 0. The van der Waals surface area contributed by atoms with Gasteiger partial charge in [0.15, 0.2) is 0 Å². The fourth-order valence-electron chi connectivity index (χ4n) is 1.41. The third kappa shape index (κ3) is 4.89. The van der Waals surface area contributed by atoms with Crippen molar-refractivity contribution in [3.8, 4) is 0 Å². The molecule has 1 heterocycles. The van der Waals surface area contributed by atoms with Crippen LogP contribution in [-0.4, -0.2) is 5.75 Å². The van der Waals surface area contributed by atoms with Gasteiger partial charge in [0.25, 0.3) is 0 Å². The van der Waals surface area contributed by atoms with Crippen molar-refractivity contribution in [1.29, 1.82) is 0 Å². The van der Waals surface area contributed by atoms with Gasteiger partial charge >= 0.3 is 0 Å². The molecule has 1 aromatic heterocycles. The van der Waals surface area contributed by atoms with Crippen LogP contribution in [0.25, 0.3) is 6.08 Å². The summed E-state index contributed by atoms with van der Waals surface area (Å²) in [6.07, 6.45) is 6.01. The number of rotatable bonds is 7. The Kier molecular flexibility index (Phi) is 6.11. The molecule has 0 unspecified atom stereocenters. The number of thiophene rings is 1. The van der Waals surface area contributed by atoms with Gasteiger partial charge in [0.2, 0.25) is 0 Å². The van der Waals surface area contributed by atoms with Gasteiger partial charge < -0.3 is 0 Å². The van der Waals surface area contributed by atoms with E-state index in [0.29, 0.717) is 0 Å². The lowest BCUT2D eigenvalue weighted by atomic mass is 10.1. The van der Waals surface area contributed by atoms with Gasteiger partial charge in [-0.2, -0.15) is 0 Å². The van der Waals surface area contributed by atoms with Gasteiger partial charge in [-0.25, -0.2) is 0 Å². The van der Waals surface area contributed by atoms with Crippen LogP contribution in [0.5, 0.6) is 0 Å². The molecule has 2 heteroatoms. The molecular formula is C13H20S2. The lowest BCUT2D eigenvalue weighted by Gasteiger charge is -2.04. The molecule has 15 heavy (non-hydrogen) atoms. The molecular weight excluding hydrogens is 220 g/mol. The minimum atomic E-state index is 0.847. The first kappa shape index (κ1) is 12.9. The van der Waals surface area contributed by atoms with Gasteiger partial charge in [0, 0.05) is 9.77 Å². The highest BCUT2D eigenvalue weighted by Crippen LogP contribution is 2.29. The van der Waals surface area contributed by atoms with E-state index in [1.807, 2.05) is 17.8 Å². The number of hydrogen-bond acceptors (Lipinski definition) is 2. The van der Waals surface area contributed by atoms with Crippen molar-refractivity contribution in [2.75, 3.05) is 5.75 Å². The average Bonchev–Trinajstić information content (AvgIpc) is 2.64. The Balaban J connectivity index is 2.17. The lowest BCUT2D eigenvalue weighted by Crippen LogP contribution is -1.88. The molecule has 0 aliphatic heterocycles. The van der Waals surface area contributed by atoms with Crippen molar-refractivity contribution in [3.05, 3.63) is 22.9 Å². The van der Waals surface area contributed by atoms with E-state index in [1.54, 1.807) is 11.3 Å². The topological polar surface area (TPSA) is 0 Å². The minimum absolute atomic E-state index is 0.847. The van der Waals surface area contributed by atoms with Gasteiger partial charge in [-0.3, -0.25) is 0 Å². The Morgan fingerprint density at radius 3 is 2.93 bits per heavy atom. The maximum absolute atomic E-state index is 3.83. The van der Waals surface area contributed by atoms with Crippen molar-refractivity contribution in [2.45, 2.75) is 38.0 Å². The predicted molar refractivity (Wildman–Crippen MR) is 73.8 cm³/mol. The van der Waals surface area contributed by atoms with E-state index < -0.39 is 0 Å². The molecule has 0 spiro atoms. The zero-order chi connectivity index (χ0) is 11.1. The average molecular weight is 240 g/mol. The molecule has 1 aromatic rings. The molecule has 0 aliphatic rings. The second-order valence-corrected chi connectivity index (χ2v) is 6.18. The molecule has 0 aliphatic carbocycles. The number of thioether (sulfide) groups is 1. The summed E-state index contributed by atoms with van der Waals surface area (Å²) in [7, 11) is 0. The highest BCUT2D eigenvalue weighted by atomic mass is 32.2. The molecule has 0 radical (unpaired) electrons. The van der Waals surface area contributed by atoms with Crippen LogP contribution < -0.4 is 0 Å². The van der Waals surface area contributed by atoms with Gasteiger partial charge in [-0.15, -0.1) is 23.1 Å². The molecule has 0 saturated carbocycles. The smallest absolute Gasteiger partial charge is 0.0400 e. The van der Waals surface area contributed by atoms with E-state index in [4.69, 9.17) is 0 Å². The number of hydrogen-bond donors (Lipinski definition) is 0. The van der Waals surface area contributed by atoms with Crippen LogP contribution >= 0.6 is 23.1 Å². The molecule has 0 saturated heterocycles. The molecule has 0 N–H and O–H groups in total. The lowest BCUT2D eigenvalue weighted by molar-refractivity contribution is 0.551. The first-order valence-corrected chi connectivity index (χ1v) is 7.43. The standard InChI is InChI=1S/C13H20S2/c1-4-12-13(8-10-15-12)14-9-6-5-7-11(2)3/h4,8,10-11H,1,5-7,9H2,2-3H3. The highest BCUT2D eigenvalue weighted by molar-refractivity contribution is 7.99. The van der Waals surface area contributed by atoms with E-state index in [1.165, 1.54) is 34.8 Å². The second kappa shape index (κ2) is 7.13. The van der Waals surface area contributed by atoms with Gasteiger partial charge in [0.1, 0.15) is 0 Å². The summed E-state index contributed by atoms with van der Waals surface area (Å²) in [6, 6.07) is 2.20. The Morgan fingerprint density at radius 1 is 1.47 bits per heavy atom. The molecule has 1 rings (SSSR count).